The van der Waals surface area contributed by atoms with Gasteiger partial charge < -0.3 is 9.84 Å². The number of aromatic hydroxyl groups is 1. The predicted octanol–water partition coefficient (Wildman–Crippen LogP) is 3.48. The quantitative estimate of drug-likeness (QED) is 0.696. The fourth-order valence-electron chi connectivity index (χ4n) is 2.05. The average Bonchev–Trinajstić information content (AvgIpc) is 3.20. The summed E-state index contributed by atoms with van der Waals surface area (Å²) in [5.74, 6) is -0.177. The van der Waals surface area contributed by atoms with E-state index < -0.39 is 6.10 Å². The fraction of sp³-hybridized carbons (Fsp3) is 0.133. The number of para-hydroxylation sites is 1. The Morgan fingerprint density at radius 2 is 1.79 bits per heavy atom. The topological polar surface area (TPSA) is 49.8 Å². The highest BCUT2D eigenvalue weighted by Gasteiger charge is 2.46. The molecule has 0 spiro atoms. The number of carbonyl (C=O) groups excluding carboxylic acids is 1. The van der Waals surface area contributed by atoms with Crippen molar-refractivity contribution in [3.05, 3.63) is 64.1 Å². The van der Waals surface area contributed by atoms with Crippen LogP contribution in [0.4, 0.5) is 0 Å². The molecule has 0 bridgehead atoms. The van der Waals surface area contributed by atoms with Crippen molar-refractivity contribution in [2.45, 2.75) is 12.2 Å². The molecule has 2 aromatic rings. The van der Waals surface area contributed by atoms with Gasteiger partial charge in [0.25, 0.3) is 0 Å². The Bertz CT molecular complexity index is 622. The van der Waals surface area contributed by atoms with Crippen LogP contribution in [0.15, 0.2) is 53.0 Å². The van der Waals surface area contributed by atoms with E-state index >= 15 is 0 Å². The highest BCUT2D eigenvalue weighted by molar-refractivity contribution is 9.10. The van der Waals surface area contributed by atoms with E-state index in [1.54, 1.807) is 18.2 Å². The lowest BCUT2D eigenvalue weighted by Crippen LogP contribution is -2.08. The molecular weight excluding hydrogens is 308 g/mol. The summed E-state index contributed by atoms with van der Waals surface area (Å²) in [6.45, 7) is 0. The van der Waals surface area contributed by atoms with Gasteiger partial charge in [-0.15, -0.1) is 0 Å². The molecule has 0 aliphatic carbocycles. The number of hydrogen-bond donors (Lipinski definition) is 1. The van der Waals surface area contributed by atoms with Crippen LogP contribution in [0.2, 0.25) is 0 Å². The summed E-state index contributed by atoms with van der Waals surface area (Å²) in [6, 6.07) is 14.2. The van der Waals surface area contributed by atoms with Crippen LogP contribution in [0, 0.1) is 0 Å². The van der Waals surface area contributed by atoms with E-state index in [-0.39, 0.29) is 17.6 Å². The smallest absolute Gasteiger partial charge is 0.198 e. The molecule has 3 nitrogen and oxygen atoms in total. The Kier molecular flexibility index (Phi) is 3.12. The van der Waals surface area contributed by atoms with Gasteiger partial charge in [0, 0.05) is 4.47 Å². The van der Waals surface area contributed by atoms with E-state index in [1.165, 1.54) is 6.07 Å². The van der Waals surface area contributed by atoms with Gasteiger partial charge >= 0.3 is 0 Å². The Morgan fingerprint density at radius 1 is 1.11 bits per heavy atom. The first-order valence-electron chi connectivity index (χ1n) is 5.90. The number of ether oxygens (including phenoxy) is 1. The van der Waals surface area contributed by atoms with Gasteiger partial charge in [0.05, 0.1) is 5.56 Å². The van der Waals surface area contributed by atoms with Crippen LogP contribution in [0.1, 0.15) is 22.0 Å². The van der Waals surface area contributed by atoms with Crippen LogP contribution in [-0.2, 0) is 4.74 Å². The van der Waals surface area contributed by atoms with Crippen LogP contribution in [-0.4, -0.2) is 17.0 Å². The zero-order valence-electron chi connectivity index (χ0n) is 9.92. The summed E-state index contributed by atoms with van der Waals surface area (Å²) in [5, 5.41) is 9.67. The molecule has 96 valence electrons. The predicted molar refractivity (Wildman–Crippen MR) is 74.2 cm³/mol. The van der Waals surface area contributed by atoms with Crippen LogP contribution in [0.3, 0.4) is 0 Å². The Balaban J connectivity index is 1.78. The summed E-state index contributed by atoms with van der Waals surface area (Å²) in [4.78, 5) is 12.2. The second-order valence-electron chi connectivity index (χ2n) is 4.41. The molecule has 2 atom stereocenters. The van der Waals surface area contributed by atoms with Gasteiger partial charge in [-0.1, -0.05) is 40.2 Å². The highest BCUT2D eigenvalue weighted by atomic mass is 79.9. The maximum atomic E-state index is 12.2. The maximum absolute atomic E-state index is 12.2. The molecule has 1 aliphatic rings. The van der Waals surface area contributed by atoms with Crippen molar-refractivity contribution in [2.24, 2.45) is 0 Å². The first kappa shape index (κ1) is 12.4. The molecular formula is C15H11BrO3. The van der Waals surface area contributed by atoms with Gasteiger partial charge in [-0.25, -0.2) is 0 Å². The van der Waals surface area contributed by atoms with Crippen LogP contribution < -0.4 is 0 Å². The van der Waals surface area contributed by atoms with Crippen molar-refractivity contribution in [2.75, 3.05) is 0 Å². The minimum Gasteiger partial charge on any atom is -0.507 e. The highest BCUT2D eigenvalue weighted by Crippen LogP contribution is 2.41. The SMILES string of the molecule is O=C(c1ccccc1O)[C@H]1O[C@@H]1c1ccc(Br)cc1. The Labute approximate surface area is 119 Å². The average molecular weight is 319 g/mol. The van der Waals surface area contributed by atoms with E-state index in [9.17, 15) is 9.90 Å². The molecule has 1 N–H and O–H groups in total. The number of epoxide rings is 1. The lowest BCUT2D eigenvalue weighted by atomic mass is 10.0. The van der Waals surface area contributed by atoms with Gasteiger partial charge in [-0.3, -0.25) is 4.79 Å². The van der Waals surface area contributed by atoms with Crippen molar-refractivity contribution in [3.8, 4) is 5.75 Å². The normalized spacial score (nSPS) is 21.1. The molecule has 0 radical (unpaired) electrons. The van der Waals surface area contributed by atoms with E-state index in [1.807, 2.05) is 24.3 Å². The third kappa shape index (κ3) is 2.41. The molecule has 1 fully saturated rings. The molecule has 4 heteroatoms. The molecule has 0 saturated carbocycles. The Morgan fingerprint density at radius 3 is 2.47 bits per heavy atom. The lowest BCUT2D eigenvalue weighted by Gasteiger charge is -2.00. The molecule has 1 aliphatic heterocycles. The molecule has 1 heterocycles. The minimum atomic E-state index is -0.491. The second kappa shape index (κ2) is 4.79. The van der Waals surface area contributed by atoms with Crippen LogP contribution >= 0.6 is 15.9 Å². The third-order valence-electron chi connectivity index (χ3n) is 3.12. The van der Waals surface area contributed by atoms with Gasteiger partial charge in [0.1, 0.15) is 11.9 Å². The van der Waals surface area contributed by atoms with Crippen molar-refractivity contribution in [1.29, 1.82) is 0 Å². The summed E-state index contributed by atoms with van der Waals surface area (Å²) in [5.41, 5.74) is 1.28. The van der Waals surface area contributed by atoms with Crippen LogP contribution in [0.5, 0.6) is 5.75 Å². The van der Waals surface area contributed by atoms with E-state index in [2.05, 4.69) is 15.9 Å². The molecule has 19 heavy (non-hydrogen) atoms. The molecule has 3 rings (SSSR count). The summed E-state index contributed by atoms with van der Waals surface area (Å²) >= 11 is 3.36. The van der Waals surface area contributed by atoms with E-state index in [0.717, 1.165) is 10.0 Å². The van der Waals surface area contributed by atoms with Crippen molar-refractivity contribution in [1.82, 2.24) is 0 Å². The minimum absolute atomic E-state index is 0.00226. The van der Waals surface area contributed by atoms with Gasteiger partial charge in [-0.2, -0.15) is 0 Å². The second-order valence-corrected chi connectivity index (χ2v) is 5.33. The van der Waals surface area contributed by atoms with Crippen molar-refractivity contribution >= 4 is 21.7 Å². The summed E-state index contributed by atoms with van der Waals surface area (Å²) < 4.78 is 6.42. The van der Waals surface area contributed by atoms with E-state index in [0.29, 0.717) is 5.56 Å². The molecule has 1 saturated heterocycles. The van der Waals surface area contributed by atoms with E-state index in [4.69, 9.17) is 4.74 Å². The van der Waals surface area contributed by atoms with Crippen LogP contribution in [0.25, 0.3) is 0 Å². The number of Topliss-reactive ketones (excluding diaryl/α,β-unsaturated/α-hetero) is 1. The molecule has 2 aromatic carbocycles. The first-order valence-corrected chi connectivity index (χ1v) is 6.69. The number of ketones is 1. The summed E-state index contributed by atoms with van der Waals surface area (Å²) in [7, 11) is 0. The zero-order chi connectivity index (χ0) is 13.4. The van der Waals surface area contributed by atoms with Gasteiger partial charge in [0.15, 0.2) is 11.9 Å². The zero-order valence-corrected chi connectivity index (χ0v) is 11.5. The molecule has 0 amide bonds. The van der Waals surface area contributed by atoms with Gasteiger partial charge in [-0.05, 0) is 29.8 Å². The maximum Gasteiger partial charge on any atom is 0.198 e. The summed E-state index contributed by atoms with van der Waals surface area (Å²) in [6.07, 6.45) is -0.699. The number of rotatable bonds is 3. The lowest BCUT2D eigenvalue weighted by molar-refractivity contribution is 0.0951. The van der Waals surface area contributed by atoms with Crippen molar-refractivity contribution in [3.63, 3.8) is 0 Å². The standard InChI is InChI=1S/C15H11BrO3/c16-10-7-5-9(6-8-10)14-15(19-14)13(18)11-3-1-2-4-12(11)17/h1-8,14-15,17H/t14-,15-/m1/s1. The molecule has 0 unspecified atom stereocenters. The van der Waals surface area contributed by atoms with Gasteiger partial charge in [0.2, 0.25) is 0 Å². The molecule has 0 aromatic heterocycles. The number of phenols is 1. The number of halogens is 1. The first-order chi connectivity index (χ1) is 9.16. The third-order valence-corrected chi connectivity index (χ3v) is 3.65. The number of benzene rings is 2. The largest absolute Gasteiger partial charge is 0.507 e. The number of hydrogen-bond acceptors (Lipinski definition) is 3. The monoisotopic (exact) mass is 318 g/mol. The fourth-order valence-corrected chi connectivity index (χ4v) is 2.32. The Hall–Kier alpha value is -1.65. The number of carbonyl (C=O) groups is 1. The van der Waals surface area contributed by atoms with Crippen molar-refractivity contribution < 1.29 is 14.6 Å². The number of phenolic OH excluding ortho intramolecular Hbond substituents is 1.